The Morgan fingerprint density at radius 1 is 0.917 bits per heavy atom. The van der Waals surface area contributed by atoms with Gasteiger partial charge in [-0.25, -0.2) is 0 Å². The smallest absolute Gasteiger partial charge is 0.226 e. The number of carbonyl (C=O) groups is 2. The fraction of sp³-hybridized carbons (Fsp3) is 0.800. The molecule has 0 bridgehead atoms. The predicted octanol–water partition coefficient (Wildman–Crippen LogP) is 5.73. The number of thioether (sulfide) groups is 1. The van der Waals surface area contributed by atoms with Crippen molar-refractivity contribution in [3.63, 3.8) is 0 Å². The average Bonchev–Trinajstić information content (AvgIpc) is 2.88. The Morgan fingerprint density at radius 3 is 1.96 bits per heavy atom. The van der Waals surface area contributed by atoms with Crippen LogP contribution in [-0.4, -0.2) is 21.8 Å². The van der Waals surface area contributed by atoms with E-state index in [0.717, 1.165) is 30.5 Å². The largest absolute Gasteiger partial charge is 0.511 e. The number of hydrogen-bond acceptors (Lipinski definition) is 4. The van der Waals surface area contributed by atoms with E-state index in [9.17, 15) is 14.7 Å². The Bertz CT molecular complexity index is 426. The molecule has 0 spiro atoms. The summed E-state index contributed by atoms with van der Waals surface area (Å²) in [4.78, 5) is 23.3. The minimum absolute atomic E-state index is 0.0307. The Labute approximate surface area is 150 Å². The first kappa shape index (κ1) is 19.6. The monoisotopic (exact) mass is 352 g/mol. The standard InChI is InChI=1S/C20H32O3S/c21-17(19-18(22)15-24-20(19)23)14-10-13-16-11-8-6-4-2-1-3-5-7-9-12-16/h16,21H,1-15H2. The molecule has 1 aliphatic carbocycles. The Kier molecular flexibility index (Phi) is 8.93. The predicted molar refractivity (Wildman–Crippen MR) is 100 cm³/mol. The van der Waals surface area contributed by atoms with Crippen LogP contribution in [-0.2, 0) is 9.59 Å². The molecule has 2 rings (SSSR count). The van der Waals surface area contributed by atoms with Crippen LogP contribution < -0.4 is 0 Å². The van der Waals surface area contributed by atoms with Gasteiger partial charge in [0, 0.05) is 6.42 Å². The molecule has 0 unspecified atom stereocenters. The highest BCUT2D eigenvalue weighted by Crippen LogP contribution is 2.28. The molecule has 1 heterocycles. The molecule has 0 radical (unpaired) electrons. The first-order valence-corrected chi connectivity index (χ1v) is 10.8. The van der Waals surface area contributed by atoms with Crippen LogP contribution in [0.3, 0.4) is 0 Å². The summed E-state index contributed by atoms with van der Waals surface area (Å²) in [5, 5.41) is 9.85. The summed E-state index contributed by atoms with van der Waals surface area (Å²) in [6.07, 6.45) is 17.4. The van der Waals surface area contributed by atoms with Gasteiger partial charge in [-0.1, -0.05) is 88.8 Å². The second-order valence-corrected chi connectivity index (χ2v) is 8.29. The van der Waals surface area contributed by atoms with Gasteiger partial charge in [0.05, 0.1) is 5.75 Å². The first-order chi connectivity index (χ1) is 11.7. The average molecular weight is 353 g/mol. The van der Waals surface area contributed by atoms with Crippen LogP contribution in [0.15, 0.2) is 11.3 Å². The molecular weight excluding hydrogens is 320 g/mol. The van der Waals surface area contributed by atoms with Gasteiger partial charge in [-0.05, 0) is 12.3 Å². The third-order valence-electron chi connectivity index (χ3n) is 5.36. The molecule has 1 aliphatic heterocycles. The first-order valence-electron chi connectivity index (χ1n) is 9.81. The SMILES string of the molecule is O=C1CSC(=O)C1=C(O)CCCC1CCCCCCCCCCC1. The molecule has 3 nitrogen and oxygen atoms in total. The zero-order chi connectivity index (χ0) is 17.2. The molecule has 2 aliphatic rings. The van der Waals surface area contributed by atoms with E-state index < -0.39 is 0 Å². The molecular formula is C20H32O3S. The summed E-state index contributed by atoms with van der Waals surface area (Å²) >= 11 is 1.01. The number of hydrogen-bond donors (Lipinski definition) is 1. The molecule has 1 N–H and O–H groups in total. The molecule has 0 atom stereocenters. The number of rotatable bonds is 4. The summed E-state index contributed by atoms with van der Waals surface area (Å²) in [5.41, 5.74) is 0.0682. The normalized spacial score (nSPS) is 24.5. The van der Waals surface area contributed by atoms with Crippen molar-refractivity contribution in [2.45, 2.75) is 89.9 Å². The quantitative estimate of drug-likeness (QED) is 0.399. The fourth-order valence-electron chi connectivity index (χ4n) is 3.89. The molecule has 4 heteroatoms. The van der Waals surface area contributed by atoms with Crippen LogP contribution in [0.4, 0.5) is 0 Å². The Balaban J connectivity index is 1.76. The van der Waals surface area contributed by atoms with Gasteiger partial charge in [0.2, 0.25) is 5.12 Å². The van der Waals surface area contributed by atoms with Crippen molar-refractivity contribution in [1.82, 2.24) is 0 Å². The van der Waals surface area contributed by atoms with Crippen molar-refractivity contribution in [2.24, 2.45) is 5.92 Å². The van der Waals surface area contributed by atoms with Crippen molar-refractivity contribution in [3.05, 3.63) is 11.3 Å². The lowest BCUT2D eigenvalue weighted by Gasteiger charge is -2.18. The van der Waals surface area contributed by atoms with E-state index >= 15 is 0 Å². The Hall–Kier alpha value is -0.770. The van der Waals surface area contributed by atoms with E-state index in [1.54, 1.807) is 0 Å². The van der Waals surface area contributed by atoms with Crippen molar-refractivity contribution in [2.75, 3.05) is 5.75 Å². The van der Waals surface area contributed by atoms with Crippen molar-refractivity contribution in [3.8, 4) is 0 Å². The summed E-state index contributed by atoms with van der Waals surface area (Å²) in [5.74, 6) is 0.768. The van der Waals surface area contributed by atoms with Gasteiger partial charge in [0.15, 0.2) is 5.78 Å². The summed E-state index contributed by atoms with van der Waals surface area (Å²) in [6.45, 7) is 0. The second-order valence-electron chi connectivity index (χ2n) is 7.34. The van der Waals surface area contributed by atoms with E-state index in [1.165, 1.54) is 70.6 Å². The van der Waals surface area contributed by atoms with Crippen molar-refractivity contribution < 1.29 is 14.7 Å². The van der Waals surface area contributed by atoms with Crippen LogP contribution in [0.25, 0.3) is 0 Å². The highest BCUT2D eigenvalue weighted by molar-refractivity contribution is 8.15. The lowest BCUT2D eigenvalue weighted by molar-refractivity contribution is -0.115. The highest BCUT2D eigenvalue weighted by atomic mass is 32.2. The molecule has 0 amide bonds. The van der Waals surface area contributed by atoms with Gasteiger partial charge in [0.25, 0.3) is 0 Å². The third kappa shape index (κ3) is 6.62. The van der Waals surface area contributed by atoms with Gasteiger partial charge >= 0.3 is 0 Å². The Morgan fingerprint density at radius 2 is 1.46 bits per heavy atom. The van der Waals surface area contributed by atoms with Gasteiger partial charge in [0.1, 0.15) is 11.3 Å². The number of allylic oxidation sites excluding steroid dienone is 1. The maximum Gasteiger partial charge on any atom is 0.226 e. The summed E-state index contributed by atoms with van der Waals surface area (Å²) in [6, 6.07) is 0. The van der Waals surface area contributed by atoms with Crippen LogP contribution in [0.2, 0.25) is 0 Å². The molecule has 1 saturated heterocycles. The number of aliphatic hydroxyl groups excluding tert-OH is 1. The third-order valence-corrected chi connectivity index (χ3v) is 6.23. The topological polar surface area (TPSA) is 54.4 Å². The number of Topliss-reactive ketones (excluding diaryl/α,β-unsaturated/α-hetero) is 1. The van der Waals surface area contributed by atoms with Gasteiger partial charge in [-0.2, -0.15) is 0 Å². The van der Waals surface area contributed by atoms with Crippen LogP contribution in [0, 0.1) is 5.92 Å². The van der Waals surface area contributed by atoms with Gasteiger partial charge in [-0.3, -0.25) is 9.59 Å². The molecule has 2 fully saturated rings. The highest BCUT2D eigenvalue weighted by Gasteiger charge is 2.30. The van der Waals surface area contributed by atoms with Gasteiger partial charge in [-0.15, -0.1) is 0 Å². The van der Waals surface area contributed by atoms with E-state index in [2.05, 4.69) is 0 Å². The summed E-state index contributed by atoms with van der Waals surface area (Å²) < 4.78 is 0. The molecule has 136 valence electrons. The lowest BCUT2D eigenvalue weighted by Crippen LogP contribution is -2.07. The fourth-order valence-corrected chi connectivity index (χ4v) is 4.67. The number of ketones is 1. The van der Waals surface area contributed by atoms with Crippen LogP contribution in [0.1, 0.15) is 89.9 Å². The van der Waals surface area contributed by atoms with Crippen LogP contribution in [0.5, 0.6) is 0 Å². The van der Waals surface area contributed by atoms with E-state index in [1.807, 2.05) is 0 Å². The minimum atomic E-state index is -0.247. The van der Waals surface area contributed by atoms with Gasteiger partial charge < -0.3 is 5.11 Å². The minimum Gasteiger partial charge on any atom is -0.511 e. The number of carbonyl (C=O) groups excluding carboxylic acids is 2. The molecule has 0 aromatic rings. The molecule has 0 aromatic heterocycles. The van der Waals surface area contributed by atoms with E-state index in [0.29, 0.717) is 6.42 Å². The van der Waals surface area contributed by atoms with E-state index in [-0.39, 0.29) is 28.0 Å². The maximum atomic E-state index is 11.6. The molecule has 24 heavy (non-hydrogen) atoms. The van der Waals surface area contributed by atoms with Crippen molar-refractivity contribution >= 4 is 22.7 Å². The lowest BCUT2D eigenvalue weighted by atomic mass is 9.89. The van der Waals surface area contributed by atoms with E-state index in [4.69, 9.17) is 0 Å². The molecule has 0 aromatic carbocycles. The maximum absolute atomic E-state index is 11.6. The summed E-state index contributed by atoms with van der Waals surface area (Å²) in [7, 11) is 0. The van der Waals surface area contributed by atoms with Crippen molar-refractivity contribution in [1.29, 1.82) is 0 Å². The second kappa shape index (κ2) is 11.0. The zero-order valence-corrected chi connectivity index (χ0v) is 15.7. The number of aliphatic hydroxyl groups is 1. The molecule has 1 saturated carbocycles. The van der Waals surface area contributed by atoms with Crippen LogP contribution >= 0.6 is 11.8 Å². The zero-order valence-electron chi connectivity index (χ0n) is 14.9.